The molecule has 2 saturated heterocycles. The fourth-order valence-electron chi connectivity index (χ4n) is 4.71. The molecule has 1 N–H and O–H groups in total. The first-order valence-electron chi connectivity index (χ1n) is 11.3. The smallest absolute Gasteiger partial charge is 0.261 e. The highest BCUT2D eigenvalue weighted by Crippen LogP contribution is 2.34. The van der Waals surface area contributed by atoms with Crippen LogP contribution in [-0.2, 0) is 16.0 Å². The van der Waals surface area contributed by atoms with Crippen LogP contribution in [0, 0.1) is 0 Å². The van der Waals surface area contributed by atoms with Crippen molar-refractivity contribution in [1.82, 2.24) is 15.1 Å². The first-order chi connectivity index (χ1) is 14.9. The molecule has 3 amide bonds. The molecule has 2 aliphatic rings. The molecule has 2 aliphatic heterocycles. The van der Waals surface area contributed by atoms with Gasteiger partial charge in [-0.05, 0) is 63.0 Å². The molecule has 31 heavy (non-hydrogen) atoms. The van der Waals surface area contributed by atoms with Crippen LogP contribution in [-0.4, -0.2) is 59.2 Å². The predicted octanol–water partition coefficient (Wildman–Crippen LogP) is 3.59. The van der Waals surface area contributed by atoms with Crippen LogP contribution in [0.1, 0.15) is 61.2 Å². The average Bonchev–Trinajstić information content (AvgIpc) is 3.31. The van der Waals surface area contributed by atoms with Gasteiger partial charge in [-0.2, -0.15) is 0 Å². The number of amides is 3. The standard InChI is InChI=1S/C24H31N3O3S/c1-16(2)25-24(30)23-19(18-9-3-4-10-20(18)31-23)14-17-8-5-6-13-27(17)22(29)15-26-12-7-11-21(26)28/h3-4,9-10,16-17H,5-8,11-15H2,1-2H3,(H,25,30)/t17-/m0/s1. The highest BCUT2D eigenvalue weighted by Gasteiger charge is 2.32. The molecule has 1 aromatic heterocycles. The van der Waals surface area contributed by atoms with Gasteiger partial charge in [0.15, 0.2) is 0 Å². The van der Waals surface area contributed by atoms with E-state index in [-0.39, 0.29) is 36.3 Å². The number of nitrogens with zero attached hydrogens (tertiary/aromatic N) is 2. The van der Waals surface area contributed by atoms with Crippen molar-refractivity contribution < 1.29 is 14.4 Å². The summed E-state index contributed by atoms with van der Waals surface area (Å²) in [7, 11) is 0. The van der Waals surface area contributed by atoms with E-state index >= 15 is 0 Å². The molecule has 0 aliphatic carbocycles. The molecule has 6 nitrogen and oxygen atoms in total. The Morgan fingerprint density at radius 2 is 1.97 bits per heavy atom. The summed E-state index contributed by atoms with van der Waals surface area (Å²) in [5.41, 5.74) is 1.04. The zero-order valence-electron chi connectivity index (χ0n) is 18.4. The van der Waals surface area contributed by atoms with Crippen molar-refractivity contribution >= 4 is 39.1 Å². The number of hydrogen-bond acceptors (Lipinski definition) is 4. The first kappa shape index (κ1) is 21.8. The van der Waals surface area contributed by atoms with Crippen molar-refractivity contribution in [3.05, 3.63) is 34.7 Å². The molecule has 4 rings (SSSR count). The number of rotatable bonds is 6. The second-order valence-electron chi connectivity index (χ2n) is 8.89. The largest absolute Gasteiger partial charge is 0.349 e. The Morgan fingerprint density at radius 3 is 2.71 bits per heavy atom. The Balaban J connectivity index is 1.59. The third-order valence-corrected chi connectivity index (χ3v) is 7.42. The van der Waals surface area contributed by atoms with E-state index in [9.17, 15) is 14.4 Å². The minimum absolute atomic E-state index is 0.0349. The molecule has 2 aromatic rings. The van der Waals surface area contributed by atoms with Crippen molar-refractivity contribution in [3.63, 3.8) is 0 Å². The Hall–Kier alpha value is -2.41. The van der Waals surface area contributed by atoms with Crippen LogP contribution < -0.4 is 5.32 Å². The van der Waals surface area contributed by atoms with Gasteiger partial charge in [-0.1, -0.05) is 18.2 Å². The van der Waals surface area contributed by atoms with Gasteiger partial charge in [0.2, 0.25) is 11.8 Å². The molecular weight excluding hydrogens is 410 g/mol. The van der Waals surface area contributed by atoms with Crippen LogP contribution in [0.15, 0.2) is 24.3 Å². The Morgan fingerprint density at radius 1 is 1.16 bits per heavy atom. The highest BCUT2D eigenvalue weighted by molar-refractivity contribution is 7.21. The van der Waals surface area contributed by atoms with E-state index in [1.165, 1.54) is 11.3 Å². The van der Waals surface area contributed by atoms with Crippen molar-refractivity contribution in [2.45, 2.75) is 64.5 Å². The lowest BCUT2D eigenvalue weighted by Gasteiger charge is -2.37. The SMILES string of the molecule is CC(C)NC(=O)c1sc2ccccc2c1C[C@@H]1CCCCN1C(=O)CN1CCCC1=O. The summed E-state index contributed by atoms with van der Waals surface area (Å²) in [4.78, 5) is 42.5. The van der Waals surface area contributed by atoms with E-state index in [1.807, 2.05) is 30.9 Å². The normalized spacial score (nSPS) is 19.5. The van der Waals surface area contributed by atoms with E-state index in [4.69, 9.17) is 0 Å². The molecule has 0 bridgehead atoms. The second-order valence-corrected chi connectivity index (χ2v) is 9.95. The summed E-state index contributed by atoms with van der Waals surface area (Å²) in [6.45, 7) is 5.51. The van der Waals surface area contributed by atoms with Gasteiger partial charge in [-0.15, -0.1) is 11.3 Å². The number of fused-ring (bicyclic) bond motifs is 1. The van der Waals surface area contributed by atoms with Crippen LogP contribution in [0.3, 0.4) is 0 Å². The zero-order chi connectivity index (χ0) is 22.0. The maximum atomic E-state index is 13.1. The lowest BCUT2D eigenvalue weighted by molar-refractivity contribution is -0.140. The molecule has 2 fully saturated rings. The monoisotopic (exact) mass is 441 g/mol. The number of hydrogen-bond donors (Lipinski definition) is 1. The lowest BCUT2D eigenvalue weighted by Crippen LogP contribution is -2.49. The number of thiophene rings is 1. The molecular formula is C24H31N3O3S. The van der Waals surface area contributed by atoms with Gasteiger partial charge in [-0.3, -0.25) is 14.4 Å². The molecule has 166 valence electrons. The topological polar surface area (TPSA) is 69.7 Å². The predicted molar refractivity (Wildman–Crippen MR) is 123 cm³/mol. The molecule has 1 aromatic carbocycles. The Bertz CT molecular complexity index is 984. The van der Waals surface area contributed by atoms with Crippen LogP contribution >= 0.6 is 11.3 Å². The van der Waals surface area contributed by atoms with E-state index in [0.29, 0.717) is 19.4 Å². The summed E-state index contributed by atoms with van der Waals surface area (Å²) < 4.78 is 1.10. The minimum Gasteiger partial charge on any atom is -0.349 e. The molecule has 0 saturated carbocycles. The molecule has 0 radical (unpaired) electrons. The number of carbonyl (C=O) groups excluding carboxylic acids is 3. The Kier molecular flexibility index (Phi) is 6.60. The number of carbonyl (C=O) groups is 3. The quantitative estimate of drug-likeness (QED) is 0.745. The van der Waals surface area contributed by atoms with Crippen LogP contribution in [0.4, 0.5) is 0 Å². The molecule has 7 heteroatoms. The van der Waals surface area contributed by atoms with E-state index in [0.717, 1.165) is 52.8 Å². The highest BCUT2D eigenvalue weighted by atomic mass is 32.1. The van der Waals surface area contributed by atoms with Gasteiger partial charge >= 0.3 is 0 Å². The maximum Gasteiger partial charge on any atom is 0.261 e. The minimum atomic E-state index is -0.0393. The first-order valence-corrected chi connectivity index (χ1v) is 12.1. The van der Waals surface area contributed by atoms with Crippen LogP contribution in [0.2, 0.25) is 0 Å². The van der Waals surface area contributed by atoms with Gasteiger partial charge in [-0.25, -0.2) is 0 Å². The van der Waals surface area contributed by atoms with Gasteiger partial charge in [0, 0.05) is 36.3 Å². The third-order valence-electron chi connectivity index (χ3n) is 6.21. The number of likely N-dealkylation sites (tertiary alicyclic amines) is 2. The zero-order valence-corrected chi connectivity index (χ0v) is 19.2. The fraction of sp³-hybridized carbons (Fsp3) is 0.542. The molecule has 1 atom stereocenters. The average molecular weight is 442 g/mol. The van der Waals surface area contributed by atoms with Crippen molar-refractivity contribution in [1.29, 1.82) is 0 Å². The molecule has 0 spiro atoms. The van der Waals surface area contributed by atoms with Gasteiger partial charge < -0.3 is 15.1 Å². The van der Waals surface area contributed by atoms with Gasteiger partial charge in [0.05, 0.1) is 11.4 Å². The maximum absolute atomic E-state index is 13.1. The van der Waals surface area contributed by atoms with E-state index in [1.54, 1.807) is 4.90 Å². The summed E-state index contributed by atoms with van der Waals surface area (Å²) in [6.07, 6.45) is 5.05. The third kappa shape index (κ3) is 4.76. The van der Waals surface area contributed by atoms with Gasteiger partial charge in [0.1, 0.15) is 0 Å². The summed E-state index contributed by atoms with van der Waals surface area (Å²) >= 11 is 1.53. The molecule has 3 heterocycles. The number of nitrogens with one attached hydrogen (secondary N) is 1. The fourth-order valence-corrected chi connectivity index (χ4v) is 5.85. The van der Waals surface area contributed by atoms with Crippen molar-refractivity contribution in [2.75, 3.05) is 19.6 Å². The number of benzene rings is 1. The Labute approximate surface area is 187 Å². The van der Waals surface area contributed by atoms with E-state index in [2.05, 4.69) is 17.4 Å². The van der Waals surface area contributed by atoms with Gasteiger partial charge in [0.25, 0.3) is 5.91 Å². The summed E-state index contributed by atoms with van der Waals surface area (Å²) in [5, 5.41) is 4.14. The lowest BCUT2D eigenvalue weighted by atomic mass is 9.93. The van der Waals surface area contributed by atoms with Crippen LogP contribution in [0.25, 0.3) is 10.1 Å². The van der Waals surface area contributed by atoms with Crippen molar-refractivity contribution in [2.24, 2.45) is 0 Å². The van der Waals surface area contributed by atoms with E-state index < -0.39 is 0 Å². The second kappa shape index (κ2) is 9.39. The molecule has 0 unspecified atom stereocenters. The number of piperidine rings is 1. The van der Waals surface area contributed by atoms with Crippen molar-refractivity contribution in [3.8, 4) is 0 Å². The summed E-state index contributed by atoms with van der Waals surface area (Å²) in [6, 6.07) is 8.25. The summed E-state index contributed by atoms with van der Waals surface area (Å²) in [5.74, 6) is 0.0774. The van der Waals surface area contributed by atoms with Crippen LogP contribution in [0.5, 0.6) is 0 Å².